The van der Waals surface area contributed by atoms with Crippen molar-refractivity contribution in [3.63, 3.8) is 0 Å². The van der Waals surface area contributed by atoms with Crippen molar-refractivity contribution in [2.45, 2.75) is 13.5 Å². The zero-order valence-corrected chi connectivity index (χ0v) is 9.27. The van der Waals surface area contributed by atoms with Crippen molar-refractivity contribution >= 4 is 28.9 Å². The Balaban J connectivity index is 2.26. The molecule has 0 atom stereocenters. The third-order valence-electron chi connectivity index (χ3n) is 2.03. The number of anilines is 1. The van der Waals surface area contributed by atoms with Gasteiger partial charge in [0.25, 0.3) is 0 Å². The van der Waals surface area contributed by atoms with Crippen LogP contribution in [0, 0.1) is 6.92 Å². The normalized spacial score (nSPS) is 10.7. The molecule has 0 aliphatic carbocycles. The maximum atomic E-state index is 5.84. The molecule has 3 nitrogen and oxygen atoms in total. The quantitative estimate of drug-likeness (QED) is 0.857. The van der Waals surface area contributed by atoms with Gasteiger partial charge in [0, 0.05) is 10.6 Å². The minimum atomic E-state index is 0.548. The molecule has 2 rings (SSSR count). The average Bonchev–Trinajstić information content (AvgIpc) is 2.67. The molecule has 74 valence electrons. The second-order valence-corrected chi connectivity index (χ2v) is 4.85. The first kappa shape index (κ1) is 9.55. The number of halogens is 1. The summed E-state index contributed by atoms with van der Waals surface area (Å²) < 4.78 is 2.76. The van der Waals surface area contributed by atoms with Crippen LogP contribution in [0.15, 0.2) is 18.3 Å². The molecule has 0 radical (unpaired) electrons. The molecule has 0 aliphatic rings. The maximum Gasteiger partial charge on any atom is 0.200 e. The van der Waals surface area contributed by atoms with E-state index in [9.17, 15) is 0 Å². The summed E-state index contributed by atoms with van der Waals surface area (Å²) in [5, 5.41) is 0. The number of imidazole rings is 1. The second-order valence-electron chi connectivity index (χ2n) is 3.05. The summed E-state index contributed by atoms with van der Waals surface area (Å²) in [6.07, 6.45) is 1.77. The third-order valence-corrected chi connectivity index (χ3v) is 3.24. The maximum absolute atomic E-state index is 5.84. The number of thiophene rings is 1. The fraction of sp³-hybridized carbons (Fsp3) is 0.222. The first-order valence-corrected chi connectivity index (χ1v) is 5.38. The van der Waals surface area contributed by atoms with Crippen molar-refractivity contribution in [1.29, 1.82) is 0 Å². The molecule has 2 heterocycles. The predicted molar refractivity (Wildman–Crippen MR) is 59.8 cm³/mol. The molecule has 14 heavy (non-hydrogen) atoms. The van der Waals surface area contributed by atoms with E-state index in [4.69, 9.17) is 17.3 Å². The van der Waals surface area contributed by atoms with Crippen LogP contribution >= 0.6 is 22.9 Å². The van der Waals surface area contributed by atoms with Crippen molar-refractivity contribution < 1.29 is 0 Å². The lowest BCUT2D eigenvalue weighted by Gasteiger charge is -2.04. The number of hydrogen-bond acceptors (Lipinski definition) is 3. The molecule has 0 amide bonds. The van der Waals surface area contributed by atoms with Gasteiger partial charge in [-0.05, 0) is 19.1 Å². The monoisotopic (exact) mass is 227 g/mol. The standard InChI is InChI=1S/C9H10ClN3S/c1-6-4-12-9(11)13(6)5-7-2-3-8(10)14-7/h2-4H,5H2,1H3,(H2,11,12). The van der Waals surface area contributed by atoms with E-state index in [1.54, 1.807) is 17.5 Å². The van der Waals surface area contributed by atoms with Crippen LogP contribution in [0.4, 0.5) is 5.95 Å². The molecule has 0 unspecified atom stereocenters. The van der Waals surface area contributed by atoms with E-state index in [0.29, 0.717) is 5.95 Å². The summed E-state index contributed by atoms with van der Waals surface area (Å²) in [4.78, 5) is 5.21. The first-order chi connectivity index (χ1) is 6.66. The first-order valence-electron chi connectivity index (χ1n) is 4.18. The average molecular weight is 228 g/mol. The summed E-state index contributed by atoms with van der Waals surface area (Å²) in [6.45, 7) is 2.73. The van der Waals surface area contributed by atoms with Crippen molar-refractivity contribution in [2.75, 3.05) is 5.73 Å². The van der Waals surface area contributed by atoms with Crippen LogP contribution in [-0.2, 0) is 6.54 Å². The summed E-state index contributed by atoms with van der Waals surface area (Å²) in [5.74, 6) is 0.548. The van der Waals surface area contributed by atoms with Gasteiger partial charge in [-0.1, -0.05) is 11.6 Å². The van der Waals surface area contributed by atoms with Gasteiger partial charge in [0.05, 0.1) is 17.1 Å². The second kappa shape index (κ2) is 3.63. The molecule has 0 saturated carbocycles. The summed E-state index contributed by atoms with van der Waals surface area (Å²) in [7, 11) is 0. The van der Waals surface area contributed by atoms with E-state index in [1.165, 1.54) is 4.88 Å². The Kier molecular flexibility index (Phi) is 2.48. The molecule has 0 bridgehead atoms. The van der Waals surface area contributed by atoms with Crippen molar-refractivity contribution in [3.05, 3.63) is 33.2 Å². The molecular formula is C9H10ClN3S. The van der Waals surface area contributed by atoms with Crippen LogP contribution in [0.2, 0.25) is 4.34 Å². The number of nitrogens with two attached hydrogens (primary N) is 1. The molecule has 2 N–H and O–H groups in total. The molecule has 2 aromatic rings. The highest BCUT2D eigenvalue weighted by Crippen LogP contribution is 2.23. The predicted octanol–water partition coefficient (Wildman–Crippen LogP) is 2.54. The SMILES string of the molecule is Cc1cnc(N)n1Cc1ccc(Cl)s1. The van der Waals surface area contributed by atoms with Crippen molar-refractivity contribution in [2.24, 2.45) is 0 Å². The minimum absolute atomic E-state index is 0.548. The van der Waals surface area contributed by atoms with Crippen LogP contribution in [0.3, 0.4) is 0 Å². The summed E-state index contributed by atoms with van der Waals surface area (Å²) in [5.41, 5.74) is 6.78. The van der Waals surface area contributed by atoms with Gasteiger partial charge in [-0.15, -0.1) is 11.3 Å². The van der Waals surface area contributed by atoms with Crippen molar-refractivity contribution in [1.82, 2.24) is 9.55 Å². The van der Waals surface area contributed by atoms with Crippen molar-refractivity contribution in [3.8, 4) is 0 Å². The van der Waals surface area contributed by atoms with Crippen LogP contribution in [0.5, 0.6) is 0 Å². The van der Waals surface area contributed by atoms with Gasteiger partial charge in [-0.2, -0.15) is 0 Å². The largest absolute Gasteiger partial charge is 0.369 e. The lowest BCUT2D eigenvalue weighted by molar-refractivity contribution is 0.794. The van der Waals surface area contributed by atoms with Crippen LogP contribution in [0.1, 0.15) is 10.6 Å². The van der Waals surface area contributed by atoms with Crippen LogP contribution < -0.4 is 5.73 Å². The third kappa shape index (κ3) is 1.76. The molecule has 0 aromatic carbocycles. The summed E-state index contributed by atoms with van der Waals surface area (Å²) in [6, 6.07) is 3.90. The Morgan fingerprint density at radius 2 is 2.36 bits per heavy atom. The fourth-order valence-electron chi connectivity index (χ4n) is 1.28. The topological polar surface area (TPSA) is 43.8 Å². The highest BCUT2D eigenvalue weighted by molar-refractivity contribution is 7.16. The van der Waals surface area contributed by atoms with E-state index in [0.717, 1.165) is 16.6 Å². The Labute approximate surface area is 91.1 Å². The molecule has 0 saturated heterocycles. The smallest absolute Gasteiger partial charge is 0.200 e. The van der Waals surface area contributed by atoms with E-state index in [-0.39, 0.29) is 0 Å². The van der Waals surface area contributed by atoms with E-state index >= 15 is 0 Å². The lowest BCUT2D eigenvalue weighted by atomic mass is 10.4. The highest BCUT2D eigenvalue weighted by Gasteiger charge is 2.05. The molecule has 0 spiro atoms. The van der Waals surface area contributed by atoms with Gasteiger partial charge in [-0.25, -0.2) is 4.98 Å². The molecule has 5 heteroatoms. The Morgan fingerprint density at radius 1 is 1.57 bits per heavy atom. The van der Waals surface area contributed by atoms with Gasteiger partial charge >= 0.3 is 0 Å². The molecule has 0 fully saturated rings. The number of nitrogen functional groups attached to an aromatic ring is 1. The molecule has 0 aliphatic heterocycles. The van der Waals surface area contributed by atoms with Crippen LogP contribution in [0.25, 0.3) is 0 Å². The lowest BCUT2D eigenvalue weighted by Crippen LogP contribution is -2.04. The van der Waals surface area contributed by atoms with E-state index < -0.39 is 0 Å². The number of rotatable bonds is 2. The fourth-order valence-corrected chi connectivity index (χ4v) is 2.35. The number of hydrogen-bond donors (Lipinski definition) is 1. The van der Waals surface area contributed by atoms with Gasteiger partial charge in [0.2, 0.25) is 5.95 Å². The van der Waals surface area contributed by atoms with E-state index in [1.807, 2.05) is 23.6 Å². The zero-order chi connectivity index (χ0) is 10.1. The molecule has 2 aromatic heterocycles. The Bertz CT molecular complexity index is 427. The van der Waals surface area contributed by atoms with Crippen LogP contribution in [-0.4, -0.2) is 9.55 Å². The van der Waals surface area contributed by atoms with E-state index in [2.05, 4.69) is 4.98 Å². The number of nitrogens with zero attached hydrogens (tertiary/aromatic N) is 2. The van der Waals surface area contributed by atoms with Gasteiger partial charge in [0.1, 0.15) is 0 Å². The Morgan fingerprint density at radius 3 is 2.86 bits per heavy atom. The molecular weight excluding hydrogens is 218 g/mol. The zero-order valence-electron chi connectivity index (χ0n) is 7.70. The van der Waals surface area contributed by atoms with Gasteiger partial charge in [-0.3, -0.25) is 0 Å². The Hall–Kier alpha value is -1.000. The number of aromatic nitrogens is 2. The summed E-state index contributed by atoms with van der Waals surface area (Å²) >= 11 is 7.41. The highest BCUT2D eigenvalue weighted by atomic mass is 35.5. The number of aryl methyl sites for hydroxylation is 1. The minimum Gasteiger partial charge on any atom is -0.369 e. The van der Waals surface area contributed by atoms with Gasteiger partial charge in [0.15, 0.2) is 0 Å². The van der Waals surface area contributed by atoms with Gasteiger partial charge < -0.3 is 10.3 Å².